The molecular formula is C25H28ClN5O5S2. The molecule has 3 aromatic rings. The lowest BCUT2D eigenvalue weighted by Crippen LogP contribution is -2.35. The van der Waals surface area contributed by atoms with Crippen LogP contribution in [0.3, 0.4) is 0 Å². The Bertz CT molecular complexity index is 1460. The molecule has 10 nitrogen and oxygen atoms in total. The first-order chi connectivity index (χ1) is 18.1. The Morgan fingerprint density at radius 2 is 2.13 bits per heavy atom. The zero-order valence-corrected chi connectivity index (χ0v) is 22.9. The highest BCUT2D eigenvalue weighted by Crippen LogP contribution is 2.37. The van der Waals surface area contributed by atoms with Crippen LogP contribution in [0, 0.1) is 12.8 Å². The van der Waals surface area contributed by atoms with Crippen LogP contribution in [0.25, 0.3) is 0 Å². The normalized spacial score (nSPS) is 23.3. The van der Waals surface area contributed by atoms with Gasteiger partial charge in [-0.3, -0.25) is 8.98 Å². The molecule has 0 spiro atoms. The monoisotopic (exact) mass is 577 g/mol. The van der Waals surface area contributed by atoms with E-state index in [0.717, 1.165) is 29.0 Å². The number of anilines is 1. The van der Waals surface area contributed by atoms with E-state index in [0.29, 0.717) is 28.6 Å². The van der Waals surface area contributed by atoms with Crippen molar-refractivity contribution in [3.05, 3.63) is 73.8 Å². The number of aryl methyl sites for hydroxylation is 1. The molecule has 0 radical (unpaired) electrons. The SMILES string of the molecule is Cc1sc(C(=O)c2cncnc2NC2CCC(COS(N)(=O)=O)C2O)cc1C1NCCc2ccc(Cl)cc21. The van der Waals surface area contributed by atoms with Crippen LogP contribution >= 0.6 is 22.9 Å². The summed E-state index contributed by atoms with van der Waals surface area (Å²) in [7, 11) is -4.10. The van der Waals surface area contributed by atoms with Gasteiger partial charge < -0.3 is 15.7 Å². The van der Waals surface area contributed by atoms with Gasteiger partial charge >= 0.3 is 10.3 Å². The first-order valence-corrected chi connectivity index (χ1v) is 14.9. The number of benzene rings is 1. The molecule has 0 amide bonds. The number of carbonyl (C=O) groups excluding carboxylic acids is 1. The fourth-order valence-corrected chi connectivity index (χ4v) is 6.76. The topological polar surface area (TPSA) is 157 Å². The quantitative estimate of drug-likeness (QED) is 0.295. The first-order valence-electron chi connectivity index (χ1n) is 12.2. The van der Waals surface area contributed by atoms with Crippen molar-refractivity contribution < 1.29 is 22.5 Å². The van der Waals surface area contributed by atoms with E-state index in [9.17, 15) is 18.3 Å². The Balaban J connectivity index is 1.36. The summed E-state index contributed by atoms with van der Waals surface area (Å²) < 4.78 is 26.9. The van der Waals surface area contributed by atoms with Gasteiger partial charge in [-0.15, -0.1) is 11.3 Å². The first kappa shape index (κ1) is 27.1. The molecule has 202 valence electrons. The molecule has 4 atom stereocenters. The van der Waals surface area contributed by atoms with Crippen molar-refractivity contribution in [3.63, 3.8) is 0 Å². The fraction of sp³-hybridized carbons (Fsp3) is 0.400. The Kier molecular flexibility index (Phi) is 7.83. The molecule has 3 heterocycles. The number of aliphatic hydroxyl groups is 1. The van der Waals surface area contributed by atoms with E-state index >= 15 is 0 Å². The van der Waals surface area contributed by atoms with Crippen molar-refractivity contribution in [2.75, 3.05) is 18.5 Å². The summed E-state index contributed by atoms with van der Waals surface area (Å²) in [6.07, 6.45) is 3.86. The third kappa shape index (κ3) is 5.76. The summed E-state index contributed by atoms with van der Waals surface area (Å²) in [6.45, 7) is 2.61. The fourth-order valence-electron chi connectivity index (χ4n) is 5.20. The van der Waals surface area contributed by atoms with Gasteiger partial charge in [0.1, 0.15) is 12.1 Å². The molecule has 1 saturated carbocycles. The number of hydrogen-bond donors (Lipinski definition) is 4. The van der Waals surface area contributed by atoms with Crippen molar-refractivity contribution in [1.29, 1.82) is 0 Å². The molecule has 5 rings (SSSR count). The molecule has 0 saturated heterocycles. The number of nitrogens with two attached hydrogens (primary N) is 1. The number of nitrogens with one attached hydrogen (secondary N) is 2. The standard InChI is InChI=1S/C25H28ClN5O5S2/c1-13-17(22-18-8-16(26)4-2-14(18)6-7-29-22)9-21(37-13)24(33)19-10-28-12-30-25(19)31-20-5-3-15(23(20)32)11-36-38(27,34)35/h2,4,8-10,12,15,20,22-23,29,32H,3,5-7,11H2,1H3,(H2,27,34,35)(H,28,30,31). The van der Waals surface area contributed by atoms with Gasteiger partial charge in [-0.2, -0.15) is 8.42 Å². The molecule has 0 bridgehead atoms. The van der Waals surface area contributed by atoms with Crippen LogP contribution in [0.1, 0.15) is 55.7 Å². The molecule has 4 unspecified atom stereocenters. The third-order valence-electron chi connectivity index (χ3n) is 7.12. The summed E-state index contributed by atoms with van der Waals surface area (Å²) in [5, 5.41) is 23.0. The second-order valence-electron chi connectivity index (χ2n) is 9.57. The van der Waals surface area contributed by atoms with Crippen molar-refractivity contribution >= 4 is 44.8 Å². The molecule has 1 fully saturated rings. The van der Waals surface area contributed by atoms with Gasteiger partial charge in [0, 0.05) is 28.6 Å². The van der Waals surface area contributed by atoms with E-state index in [2.05, 4.69) is 30.9 Å². The number of fused-ring (bicyclic) bond motifs is 1. The van der Waals surface area contributed by atoms with Crippen LogP contribution in [0.4, 0.5) is 5.82 Å². The lowest BCUT2D eigenvalue weighted by atomic mass is 9.90. The minimum Gasteiger partial charge on any atom is -0.391 e. The zero-order valence-electron chi connectivity index (χ0n) is 20.6. The smallest absolute Gasteiger partial charge is 0.333 e. The van der Waals surface area contributed by atoms with Gasteiger partial charge in [-0.1, -0.05) is 17.7 Å². The predicted molar refractivity (Wildman–Crippen MR) is 145 cm³/mol. The largest absolute Gasteiger partial charge is 0.391 e. The van der Waals surface area contributed by atoms with Crippen LogP contribution in [0.15, 0.2) is 36.8 Å². The van der Waals surface area contributed by atoms with Crippen LogP contribution in [-0.2, 0) is 20.9 Å². The Hall–Kier alpha value is -2.45. The van der Waals surface area contributed by atoms with Crippen molar-refractivity contribution in [1.82, 2.24) is 15.3 Å². The maximum Gasteiger partial charge on any atom is 0.333 e. The number of aliphatic hydroxyl groups excluding tert-OH is 1. The van der Waals surface area contributed by atoms with E-state index in [1.807, 2.05) is 25.1 Å². The minimum absolute atomic E-state index is 0.0648. The van der Waals surface area contributed by atoms with Crippen LogP contribution in [-0.4, -0.2) is 54.6 Å². The summed E-state index contributed by atoms with van der Waals surface area (Å²) in [5.74, 6) is -0.340. The summed E-state index contributed by atoms with van der Waals surface area (Å²) in [5.41, 5.74) is 3.67. The number of thiophene rings is 1. The van der Waals surface area contributed by atoms with Gasteiger partial charge in [-0.05, 0) is 61.1 Å². The van der Waals surface area contributed by atoms with E-state index in [-0.39, 0.29) is 24.0 Å². The number of nitrogens with zero attached hydrogens (tertiary/aromatic N) is 2. The average molecular weight is 578 g/mol. The molecule has 2 aromatic heterocycles. The van der Waals surface area contributed by atoms with E-state index in [1.165, 1.54) is 29.4 Å². The highest BCUT2D eigenvalue weighted by molar-refractivity contribution is 7.84. The number of ketones is 1. The van der Waals surface area contributed by atoms with Crippen LogP contribution in [0.2, 0.25) is 5.02 Å². The Morgan fingerprint density at radius 1 is 1.32 bits per heavy atom. The Labute approximate surface area is 229 Å². The highest BCUT2D eigenvalue weighted by Gasteiger charge is 2.36. The summed E-state index contributed by atoms with van der Waals surface area (Å²) >= 11 is 7.70. The van der Waals surface area contributed by atoms with Crippen molar-refractivity contribution in [3.8, 4) is 0 Å². The molecule has 13 heteroatoms. The molecular weight excluding hydrogens is 550 g/mol. The van der Waals surface area contributed by atoms with Gasteiger partial charge in [0.2, 0.25) is 5.78 Å². The molecule has 1 aliphatic carbocycles. The van der Waals surface area contributed by atoms with Gasteiger partial charge in [0.05, 0.1) is 35.2 Å². The number of aromatic nitrogens is 2. The summed E-state index contributed by atoms with van der Waals surface area (Å²) in [6, 6.07) is 7.34. The van der Waals surface area contributed by atoms with Crippen LogP contribution in [0.5, 0.6) is 0 Å². The second kappa shape index (κ2) is 11.0. The third-order valence-corrected chi connectivity index (χ3v) is 8.89. The van der Waals surface area contributed by atoms with Crippen molar-refractivity contribution in [2.45, 2.75) is 44.4 Å². The number of rotatable bonds is 8. The summed E-state index contributed by atoms with van der Waals surface area (Å²) in [4.78, 5) is 23.5. The van der Waals surface area contributed by atoms with Crippen molar-refractivity contribution in [2.24, 2.45) is 11.1 Å². The zero-order chi connectivity index (χ0) is 27.0. The number of hydrogen-bond acceptors (Lipinski definition) is 10. The molecule has 1 aliphatic heterocycles. The van der Waals surface area contributed by atoms with Gasteiger partial charge in [0.25, 0.3) is 0 Å². The minimum atomic E-state index is -4.10. The maximum absolute atomic E-state index is 13.6. The van der Waals surface area contributed by atoms with Crippen LogP contribution < -0.4 is 15.8 Å². The lowest BCUT2D eigenvalue weighted by molar-refractivity contribution is 0.0936. The lowest BCUT2D eigenvalue weighted by Gasteiger charge is -2.27. The number of carbonyl (C=O) groups is 1. The Morgan fingerprint density at radius 3 is 2.92 bits per heavy atom. The number of halogens is 1. The van der Waals surface area contributed by atoms with Gasteiger partial charge in [-0.25, -0.2) is 15.1 Å². The van der Waals surface area contributed by atoms with E-state index in [4.69, 9.17) is 16.7 Å². The van der Waals surface area contributed by atoms with Gasteiger partial charge in [0.15, 0.2) is 0 Å². The molecule has 38 heavy (non-hydrogen) atoms. The maximum atomic E-state index is 13.6. The second-order valence-corrected chi connectivity index (χ2v) is 12.5. The average Bonchev–Trinajstić information content (AvgIpc) is 3.44. The highest BCUT2D eigenvalue weighted by atomic mass is 35.5. The molecule has 5 N–H and O–H groups in total. The van der Waals surface area contributed by atoms with E-state index in [1.54, 1.807) is 0 Å². The predicted octanol–water partition coefficient (Wildman–Crippen LogP) is 2.74. The molecule has 1 aromatic carbocycles. The van der Waals surface area contributed by atoms with E-state index < -0.39 is 28.4 Å². The molecule has 2 aliphatic rings.